The smallest absolute Gasteiger partial charge is 0.206 e. The summed E-state index contributed by atoms with van der Waals surface area (Å²) < 4.78 is 2.75. The minimum atomic E-state index is -0.177. The summed E-state index contributed by atoms with van der Waals surface area (Å²) in [6.07, 6.45) is 1.63. The Bertz CT molecular complexity index is 992. The largest absolute Gasteiger partial charge is 0.504 e. The van der Waals surface area contributed by atoms with Crippen molar-refractivity contribution in [3.05, 3.63) is 62.7 Å². The van der Waals surface area contributed by atoms with Gasteiger partial charge in [-0.3, -0.25) is 4.99 Å². The highest BCUT2D eigenvalue weighted by atomic mass is 79.9. The van der Waals surface area contributed by atoms with E-state index in [0.29, 0.717) is 12.1 Å². The molecule has 0 spiro atoms. The fraction of sp³-hybridized carbons (Fsp3) is 0.111. The van der Waals surface area contributed by atoms with Crippen LogP contribution in [0.15, 0.2) is 62.4 Å². The van der Waals surface area contributed by atoms with E-state index in [2.05, 4.69) is 26.0 Å². The van der Waals surface area contributed by atoms with Gasteiger partial charge in [0, 0.05) is 22.0 Å². The number of phenols is 2. The summed E-state index contributed by atoms with van der Waals surface area (Å²) in [4.78, 5) is 5.27. The molecular weight excluding hydrogens is 402 g/mol. The molecule has 0 saturated heterocycles. The third kappa shape index (κ3) is 3.83. The second-order valence-electron chi connectivity index (χ2n) is 5.16. The van der Waals surface area contributed by atoms with Gasteiger partial charge in [0.05, 0.1) is 11.9 Å². The Morgan fingerprint density at radius 2 is 1.96 bits per heavy atom. The van der Waals surface area contributed by atoms with Gasteiger partial charge < -0.3 is 10.2 Å². The second-order valence-corrected chi connectivity index (χ2v) is 6.85. The number of thiazole rings is 1. The quantitative estimate of drug-likeness (QED) is 0.493. The fourth-order valence-electron chi connectivity index (χ4n) is 2.25. The first kappa shape index (κ1) is 17.4. The molecule has 2 N–H and O–H groups in total. The molecule has 3 rings (SSSR count). The van der Waals surface area contributed by atoms with Crippen molar-refractivity contribution in [2.45, 2.75) is 6.92 Å². The topological polar surface area (TPSA) is 70.1 Å². The highest BCUT2D eigenvalue weighted by molar-refractivity contribution is 9.10. The molecule has 1 aromatic heterocycles. The van der Waals surface area contributed by atoms with Gasteiger partial charge in [-0.25, -0.2) is 4.68 Å². The normalized spacial score (nSPS) is 12.2. The van der Waals surface area contributed by atoms with Gasteiger partial charge in [0.2, 0.25) is 4.80 Å². The highest BCUT2D eigenvalue weighted by Crippen LogP contribution is 2.28. The molecule has 0 aliphatic carbocycles. The van der Waals surface area contributed by atoms with Gasteiger partial charge in [0.25, 0.3) is 0 Å². The number of hydrogen-bond donors (Lipinski definition) is 2. The van der Waals surface area contributed by atoms with E-state index in [0.717, 1.165) is 20.5 Å². The average molecular weight is 418 g/mol. The van der Waals surface area contributed by atoms with Crippen molar-refractivity contribution in [2.75, 3.05) is 6.54 Å². The maximum Gasteiger partial charge on any atom is 0.206 e. The summed E-state index contributed by atoms with van der Waals surface area (Å²) in [5.41, 5.74) is 2.61. The summed E-state index contributed by atoms with van der Waals surface area (Å²) in [5.74, 6) is -0.334. The average Bonchev–Trinajstić information content (AvgIpc) is 2.99. The molecule has 0 aliphatic rings. The summed E-state index contributed by atoms with van der Waals surface area (Å²) in [6, 6.07) is 12.5. The van der Waals surface area contributed by atoms with E-state index in [-0.39, 0.29) is 11.5 Å². The highest BCUT2D eigenvalue weighted by Gasteiger charge is 2.10. The molecule has 7 heteroatoms. The van der Waals surface area contributed by atoms with Crippen LogP contribution in [0.1, 0.15) is 12.5 Å². The molecule has 0 saturated carbocycles. The van der Waals surface area contributed by atoms with E-state index in [1.807, 2.05) is 36.6 Å². The van der Waals surface area contributed by atoms with Crippen LogP contribution in [0.25, 0.3) is 11.3 Å². The van der Waals surface area contributed by atoms with Gasteiger partial charge in [-0.15, -0.1) is 11.3 Å². The number of phenolic OH excluding ortho intramolecular Hbond substituents is 2. The van der Waals surface area contributed by atoms with Gasteiger partial charge in [-0.05, 0) is 36.8 Å². The standard InChI is InChI=1S/C18H16BrN3O2S/c1-2-20-18-22(21-10-12-7-8-16(23)17(24)9-12)15(11-25-18)13-5-3-4-6-14(13)19/h3-11,23-24H,2H2,1H3. The minimum Gasteiger partial charge on any atom is -0.504 e. The minimum absolute atomic E-state index is 0.157. The molecule has 2 aromatic carbocycles. The molecule has 0 atom stereocenters. The van der Waals surface area contributed by atoms with Crippen LogP contribution >= 0.6 is 27.3 Å². The first-order valence-corrected chi connectivity index (χ1v) is 9.29. The van der Waals surface area contributed by atoms with Crippen molar-refractivity contribution in [1.29, 1.82) is 0 Å². The Hall–Kier alpha value is -2.38. The lowest BCUT2D eigenvalue weighted by Crippen LogP contribution is -2.12. The number of nitrogens with zero attached hydrogens (tertiary/aromatic N) is 3. The van der Waals surface area contributed by atoms with Crippen molar-refractivity contribution in [3.8, 4) is 22.8 Å². The van der Waals surface area contributed by atoms with Crippen LogP contribution in [-0.2, 0) is 0 Å². The van der Waals surface area contributed by atoms with Crippen LogP contribution in [0, 0.1) is 0 Å². The zero-order chi connectivity index (χ0) is 17.8. The van der Waals surface area contributed by atoms with Crippen LogP contribution in [0.5, 0.6) is 11.5 Å². The lowest BCUT2D eigenvalue weighted by molar-refractivity contribution is 0.403. The molecule has 0 aliphatic heterocycles. The SMILES string of the molecule is CCN=c1scc(-c2ccccc2Br)n1N=Cc1ccc(O)c(O)c1. The van der Waals surface area contributed by atoms with Crippen LogP contribution in [-0.4, -0.2) is 27.6 Å². The molecule has 0 unspecified atom stereocenters. The third-order valence-corrected chi connectivity index (χ3v) is 5.00. The Labute approximate surface area is 157 Å². The van der Waals surface area contributed by atoms with Gasteiger partial charge in [-0.1, -0.05) is 34.1 Å². The lowest BCUT2D eigenvalue weighted by Gasteiger charge is -2.06. The Morgan fingerprint density at radius 1 is 1.16 bits per heavy atom. The van der Waals surface area contributed by atoms with Gasteiger partial charge >= 0.3 is 0 Å². The summed E-state index contributed by atoms with van der Waals surface area (Å²) in [7, 11) is 0. The molecular formula is C18H16BrN3O2S. The van der Waals surface area contributed by atoms with Gasteiger partial charge in [-0.2, -0.15) is 5.10 Å². The molecule has 5 nitrogen and oxygen atoms in total. The summed E-state index contributed by atoms with van der Waals surface area (Å²) in [5, 5.41) is 25.6. The van der Waals surface area contributed by atoms with Crippen LogP contribution in [0.2, 0.25) is 0 Å². The monoisotopic (exact) mass is 417 g/mol. The first-order valence-electron chi connectivity index (χ1n) is 7.62. The van der Waals surface area contributed by atoms with Crippen molar-refractivity contribution in [3.63, 3.8) is 0 Å². The lowest BCUT2D eigenvalue weighted by atomic mass is 10.2. The molecule has 25 heavy (non-hydrogen) atoms. The number of halogens is 1. The maximum absolute atomic E-state index is 9.62. The maximum atomic E-state index is 9.62. The van der Waals surface area contributed by atoms with Crippen LogP contribution in [0.3, 0.4) is 0 Å². The third-order valence-electron chi connectivity index (χ3n) is 3.45. The summed E-state index contributed by atoms with van der Waals surface area (Å²) >= 11 is 5.09. The molecule has 0 fully saturated rings. The zero-order valence-electron chi connectivity index (χ0n) is 13.4. The van der Waals surface area contributed by atoms with E-state index >= 15 is 0 Å². The number of aromatic nitrogens is 1. The predicted octanol–water partition coefficient (Wildman–Crippen LogP) is 4.19. The predicted molar refractivity (Wildman–Crippen MR) is 104 cm³/mol. The zero-order valence-corrected chi connectivity index (χ0v) is 15.8. The molecule has 1 heterocycles. The number of rotatable bonds is 4. The van der Waals surface area contributed by atoms with E-state index in [1.54, 1.807) is 17.0 Å². The Balaban J connectivity index is 2.09. The molecule has 128 valence electrons. The van der Waals surface area contributed by atoms with Crippen molar-refractivity contribution in [2.24, 2.45) is 10.1 Å². The first-order chi connectivity index (χ1) is 12.1. The number of benzene rings is 2. The Morgan fingerprint density at radius 3 is 2.68 bits per heavy atom. The second kappa shape index (κ2) is 7.67. The van der Waals surface area contributed by atoms with Gasteiger partial charge in [0.1, 0.15) is 0 Å². The van der Waals surface area contributed by atoms with Crippen LogP contribution < -0.4 is 4.80 Å². The number of hydrogen-bond acceptors (Lipinski definition) is 5. The molecule has 0 radical (unpaired) electrons. The molecule has 0 amide bonds. The van der Waals surface area contributed by atoms with Crippen molar-refractivity contribution < 1.29 is 10.2 Å². The van der Waals surface area contributed by atoms with Crippen molar-refractivity contribution >= 4 is 33.5 Å². The molecule has 0 bridgehead atoms. The van der Waals surface area contributed by atoms with E-state index in [4.69, 9.17) is 0 Å². The molecule has 3 aromatic rings. The van der Waals surface area contributed by atoms with E-state index in [1.165, 1.54) is 23.5 Å². The van der Waals surface area contributed by atoms with E-state index < -0.39 is 0 Å². The van der Waals surface area contributed by atoms with Crippen molar-refractivity contribution in [1.82, 2.24) is 4.68 Å². The number of aromatic hydroxyl groups is 2. The summed E-state index contributed by atoms with van der Waals surface area (Å²) in [6.45, 7) is 2.63. The van der Waals surface area contributed by atoms with Crippen LogP contribution in [0.4, 0.5) is 0 Å². The Kier molecular flexibility index (Phi) is 5.35. The van der Waals surface area contributed by atoms with Gasteiger partial charge in [0.15, 0.2) is 11.5 Å². The van der Waals surface area contributed by atoms with E-state index in [9.17, 15) is 10.2 Å². The fourth-order valence-corrected chi connectivity index (χ4v) is 3.63.